The molecule has 42 heavy (non-hydrogen) atoms. The lowest BCUT2D eigenvalue weighted by molar-refractivity contribution is -0.132. The van der Waals surface area contributed by atoms with Crippen molar-refractivity contribution < 1.29 is 33.5 Å². The van der Waals surface area contributed by atoms with Crippen LogP contribution in [0.2, 0.25) is 0 Å². The van der Waals surface area contributed by atoms with Gasteiger partial charge in [-0.1, -0.05) is 36.4 Å². The molecule has 2 aromatic carbocycles. The summed E-state index contributed by atoms with van der Waals surface area (Å²) in [6.07, 6.45) is 0.408. The van der Waals surface area contributed by atoms with Gasteiger partial charge in [0.15, 0.2) is 0 Å². The number of likely N-dealkylation sites (tertiary alicyclic amines) is 1. The van der Waals surface area contributed by atoms with Crippen molar-refractivity contribution in [1.29, 1.82) is 0 Å². The van der Waals surface area contributed by atoms with Crippen LogP contribution in [0.3, 0.4) is 0 Å². The minimum atomic E-state index is -1.32. The summed E-state index contributed by atoms with van der Waals surface area (Å²) in [5, 5.41) is 10.4. The third-order valence-electron chi connectivity index (χ3n) is 6.86. The highest BCUT2D eigenvalue weighted by Crippen LogP contribution is 2.19. The lowest BCUT2D eigenvalue weighted by Crippen LogP contribution is -2.53. The molecule has 1 fully saturated rings. The van der Waals surface area contributed by atoms with E-state index >= 15 is 0 Å². The van der Waals surface area contributed by atoms with E-state index in [1.165, 1.54) is 6.07 Å². The monoisotopic (exact) mass is 578 g/mol. The van der Waals surface area contributed by atoms with E-state index in [-0.39, 0.29) is 36.9 Å². The Morgan fingerprint density at radius 2 is 1.81 bits per heavy atom. The maximum Gasteiger partial charge on any atom is 0.255 e. The maximum absolute atomic E-state index is 13.3. The number of hydrogen-bond acceptors (Lipinski definition) is 7. The molecule has 2 heterocycles. The molecule has 0 radical (unpaired) electrons. The van der Waals surface area contributed by atoms with Crippen LogP contribution >= 0.6 is 0 Å². The molecule has 13 heteroatoms. The van der Waals surface area contributed by atoms with Crippen molar-refractivity contribution in [3.63, 3.8) is 0 Å². The van der Waals surface area contributed by atoms with Crippen LogP contribution in [0.5, 0.6) is 5.75 Å². The Hall–Kier alpha value is -4.94. The molecule has 0 unspecified atom stereocenters. The Kier molecular flexibility index (Phi) is 10.1. The molecule has 2 aliphatic heterocycles. The van der Waals surface area contributed by atoms with Gasteiger partial charge in [0.25, 0.3) is 5.91 Å². The van der Waals surface area contributed by atoms with Gasteiger partial charge in [0.2, 0.25) is 29.5 Å². The molecule has 2 aliphatic rings. The summed E-state index contributed by atoms with van der Waals surface area (Å²) in [7, 11) is 0. The van der Waals surface area contributed by atoms with Gasteiger partial charge in [-0.15, -0.1) is 0 Å². The van der Waals surface area contributed by atoms with Crippen molar-refractivity contribution in [2.45, 2.75) is 50.9 Å². The first kappa shape index (κ1) is 30.0. The van der Waals surface area contributed by atoms with E-state index in [9.17, 15) is 28.8 Å². The third-order valence-corrected chi connectivity index (χ3v) is 6.86. The molecule has 2 aromatic rings. The van der Waals surface area contributed by atoms with E-state index in [2.05, 4.69) is 21.3 Å². The number of carbonyl (C=O) groups excluding carboxylic acids is 6. The number of benzene rings is 2. The average molecular weight is 579 g/mol. The Labute approximate surface area is 242 Å². The van der Waals surface area contributed by atoms with Crippen LogP contribution < -0.4 is 31.7 Å². The fourth-order valence-corrected chi connectivity index (χ4v) is 4.77. The summed E-state index contributed by atoms with van der Waals surface area (Å²) in [6, 6.07) is 11.2. The third kappa shape index (κ3) is 8.29. The van der Waals surface area contributed by atoms with Gasteiger partial charge in [0.05, 0.1) is 24.9 Å². The second kappa shape index (κ2) is 14.1. The quantitative estimate of drug-likeness (QED) is 0.292. The number of nitrogens with zero attached hydrogens (tertiary/aromatic N) is 1. The van der Waals surface area contributed by atoms with Crippen LogP contribution in [0, 0.1) is 0 Å². The fourth-order valence-electron chi connectivity index (χ4n) is 4.77. The van der Waals surface area contributed by atoms with Gasteiger partial charge in [0.1, 0.15) is 24.4 Å². The number of hydrogen-bond donors (Lipinski definition) is 5. The summed E-state index contributed by atoms with van der Waals surface area (Å²) in [5.41, 5.74) is 7.09. The first-order chi connectivity index (χ1) is 20.2. The smallest absolute Gasteiger partial charge is 0.255 e. The molecule has 0 aromatic heterocycles. The van der Waals surface area contributed by atoms with Crippen molar-refractivity contribution in [2.24, 2.45) is 5.73 Å². The van der Waals surface area contributed by atoms with E-state index in [1.807, 2.05) is 24.3 Å². The second-order valence-corrected chi connectivity index (χ2v) is 10.1. The first-order valence-electron chi connectivity index (χ1n) is 13.7. The van der Waals surface area contributed by atoms with E-state index < -0.39 is 54.5 Å². The van der Waals surface area contributed by atoms with Gasteiger partial charge in [-0.3, -0.25) is 28.8 Å². The molecule has 222 valence electrons. The van der Waals surface area contributed by atoms with E-state index in [0.717, 1.165) is 17.5 Å². The normalized spacial score (nSPS) is 19.9. The van der Waals surface area contributed by atoms with E-state index in [1.54, 1.807) is 23.1 Å². The zero-order chi connectivity index (χ0) is 30.1. The summed E-state index contributed by atoms with van der Waals surface area (Å²) >= 11 is 0. The number of primary amides is 1. The number of amides is 6. The van der Waals surface area contributed by atoms with Crippen LogP contribution in [-0.4, -0.2) is 72.1 Å². The van der Waals surface area contributed by atoms with Crippen molar-refractivity contribution in [3.05, 3.63) is 65.2 Å². The van der Waals surface area contributed by atoms with Crippen LogP contribution in [0.15, 0.2) is 48.5 Å². The number of rotatable bonds is 7. The predicted octanol–water partition coefficient (Wildman–Crippen LogP) is -0.517. The molecule has 1 saturated heterocycles. The largest absolute Gasteiger partial charge is 0.491 e. The molecule has 0 aliphatic carbocycles. The summed E-state index contributed by atoms with van der Waals surface area (Å²) in [5.74, 6) is -3.12. The van der Waals surface area contributed by atoms with Gasteiger partial charge in [0, 0.05) is 26.1 Å². The molecule has 2 atom stereocenters. The van der Waals surface area contributed by atoms with Crippen LogP contribution in [0.1, 0.15) is 47.2 Å². The Morgan fingerprint density at radius 1 is 1.02 bits per heavy atom. The van der Waals surface area contributed by atoms with Crippen molar-refractivity contribution in [2.75, 3.05) is 19.7 Å². The van der Waals surface area contributed by atoms with E-state index in [0.29, 0.717) is 19.5 Å². The fraction of sp³-hybridized carbons (Fsp3) is 0.379. The minimum Gasteiger partial charge on any atom is -0.491 e. The Bertz CT molecular complexity index is 1360. The van der Waals surface area contributed by atoms with Crippen molar-refractivity contribution >= 4 is 35.4 Å². The van der Waals surface area contributed by atoms with Crippen molar-refractivity contribution in [1.82, 2.24) is 26.2 Å². The van der Waals surface area contributed by atoms with E-state index in [4.69, 9.17) is 10.5 Å². The Balaban J connectivity index is 1.50. The second-order valence-electron chi connectivity index (χ2n) is 10.1. The SMILES string of the molecule is NC(=O)C[C@@H]1NC(=O)C[C@@H](C(=O)NCc2cccc(CN3CCCC3=O)c2)NC(=O)c2ccccc2OCCNC1=O. The summed E-state index contributed by atoms with van der Waals surface area (Å²) < 4.78 is 5.68. The minimum absolute atomic E-state index is 0.00215. The number of carbonyl (C=O) groups is 6. The number of nitrogens with one attached hydrogen (secondary N) is 4. The molecule has 4 rings (SSSR count). The summed E-state index contributed by atoms with van der Waals surface area (Å²) in [4.78, 5) is 77.4. The van der Waals surface area contributed by atoms with Crippen LogP contribution in [0.4, 0.5) is 0 Å². The lowest BCUT2D eigenvalue weighted by Gasteiger charge is -2.22. The highest BCUT2D eigenvalue weighted by atomic mass is 16.5. The lowest BCUT2D eigenvalue weighted by atomic mass is 10.1. The number of fused-ring (bicyclic) bond motifs is 1. The number of nitrogens with two attached hydrogens (primary N) is 1. The molecule has 13 nitrogen and oxygen atoms in total. The molecular weight excluding hydrogens is 544 g/mol. The molecule has 0 spiro atoms. The topological polar surface area (TPSA) is 189 Å². The summed E-state index contributed by atoms with van der Waals surface area (Å²) in [6.45, 7) is 1.32. The highest BCUT2D eigenvalue weighted by molar-refractivity contribution is 6.01. The maximum atomic E-state index is 13.3. The van der Waals surface area contributed by atoms with Gasteiger partial charge >= 0.3 is 0 Å². The zero-order valence-corrected chi connectivity index (χ0v) is 23.0. The molecule has 6 N–H and O–H groups in total. The zero-order valence-electron chi connectivity index (χ0n) is 23.0. The number of ether oxygens (including phenoxy) is 1. The molecular formula is C29H34N6O7. The van der Waals surface area contributed by atoms with Crippen molar-refractivity contribution in [3.8, 4) is 5.75 Å². The Morgan fingerprint density at radius 3 is 2.57 bits per heavy atom. The molecule has 0 saturated carbocycles. The highest BCUT2D eigenvalue weighted by Gasteiger charge is 2.29. The van der Waals surface area contributed by atoms with Gasteiger partial charge in [-0.05, 0) is 29.7 Å². The predicted molar refractivity (Wildman–Crippen MR) is 149 cm³/mol. The van der Waals surface area contributed by atoms with Crippen LogP contribution in [0.25, 0.3) is 0 Å². The average Bonchev–Trinajstić information content (AvgIpc) is 3.36. The van der Waals surface area contributed by atoms with Crippen LogP contribution in [-0.2, 0) is 37.1 Å². The van der Waals surface area contributed by atoms with Gasteiger partial charge in [-0.2, -0.15) is 0 Å². The first-order valence-corrected chi connectivity index (χ1v) is 13.7. The number of para-hydroxylation sites is 1. The van der Waals surface area contributed by atoms with Gasteiger partial charge in [-0.25, -0.2) is 0 Å². The molecule has 6 amide bonds. The standard InChI is InChI=1S/C29H34N6O7/c30-24(36)14-21-28(40)31-10-12-42-23-8-2-1-7-20(23)27(39)34-22(15-25(37)33-21)29(41)32-16-18-5-3-6-19(13-18)17-35-11-4-9-26(35)38/h1-3,5-8,13,21-22H,4,9-12,14-17H2,(H2,30,36)(H,31,40)(H,32,41)(H,33,37)(H,34,39)/t21-,22-/m0/s1. The molecule has 0 bridgehead atoms. The van der Waals surface area contributed by atoms with Gasteiger partial charge < -0.3 is 36.6 Å².